The third-order valence-electron chi connectivity index (χ3n) is 4.45. The van der Waals surface area contributed by atoms with Crippen molar-refractivity contribution in [3.8, 4) is 34.3 Å². The summed E-state index contributed by atoms with van der Waals surface area (Å²) in [4.78, 5) is 21.2. The Bertz CT molecular complexity index is 1130. The molecular formula is C24H26N4O5. The van der Waals surface area contributed by atoms with E-state index in [1.165, 1.54) is 12.4 Å². The molecule has 1 aromatic heterocycles. The molecule has 0 aliphatic heterocycles. The normalized spacial score (nSPS) is 10.8. The fourth-order valence-electron chi connectivity index (χ4n) is 2.92. The molecule has 33 heavy (non-hydrogen) atoms. The Morgan fingerprint density at radius 2 is 1.67 bits per heavy atom. The minimum absolute atomic E-state index is 0.0557. The molecule has 172 valence electrons. The minimum Gasteiger partial charge on any atom is -0.497 e. The van der Waals surface area contributed by atoms with Crippen molar-refractivity contribution in [1.29, 1.82) is 0 Å². The maximum atomic E-state index is 12.6. The monoisotopic (exact) mass is 450 g/mol. The Morgan fingerprint density at radius 3 is 2.30 bits per heavy atom. The number of hydrazone groups is 1. The highest BCUT2D eigenvalue weighted by Gasteiger charge is 2.14. The van der Waals surface area contributed by atoms with Gasteiger partial charge in [0, 0.05) is 23.3 Å². The molecule has 0 spiro atoms. The molecule has 3 rings (SSSR count). The molecule has 0 radical (unpaired) electrons. The van der Waals surface area contributed by atoms with E-state index in [0.29, 0.717) is 39.8 Å². The molecule has 0 fully saturated rings. The maximum Gasteiger partial charge on any atom is 0.291 e. The molecule has 0 aliphatic rings. The zero-order chi connectivity index (χ0) is 23.8. The molecule has 2 aromatic carbocycles. The second kappa shape index (κ2) is 10.9. The number of nitrogens with zero attached hydrogens (tertiary/aromatic N) is 3. The van der Waals surface area contributed by atoms with Gasteiger partial charge in [-0.25, -0.2) is 10.4 Å². The summed E-state index contributed by atoms with van der Waals surface area (Å²) >= 11 is 0. The van der Waals surface area contributed by atoms with Crippen molar-refractivity contribution in [2.45, 2.75) is 20.0 Å². The summed E-state index contributed by atoms with van der Waals surface area (Å²) in [5.74, 6) is 1.95. The van der Waals surface area contributed by atoms with E-state index in [1.54, 1.807) is 57.9 Å². The summed E-state index contributed by atoms with van der Waals surface area (Å²) in [5.41, 5.74) is 4.45. The first-order valence-corrected chi connectivity index (χ1v) is 10.2. The van der Waals surface area contributed by atoms with Crippen molar-refractivity contribution in [3.63, 3.8) is 0 Å². The van der Waals surface area contributed by atoms with Crippen molar-refractivity contribution >= 4 is 12.1 Å². The lowest BCUT2D eigenvalue weighted by Crippen LogP contribution is -2.19. The van der Waals surface area contributed by atoms with Crippen molar-refractivity contribution < 1.29 is 23.7 Å². The van der Waals surface area contributed by atoms with E-state index in [1.807, 2.05) is 19.9 Å². The van der Waals surface area contributed by atoms with E-state index < -0.39 is 5.91 Å². The van der Waals surface area contributed by atoms with Crippen LogP contribution in [0.3, 0.4) is 0 Å². The average molecular weight is 450 g/mol. The van der Waals surface area contributed by atoms with Crippen LogP contribution in [0.4, 0.5) is 0 Å². The van der Waals surface area contributed by atoms with Gasteiger partial charge in [0.25, 0.3) is 5.91 Å². The average Bonchev–Trinajstić information content (AvgIpc) is 2.83. The number of benzene rings is 2. The Labute approximate surface area is 192 Å². The molecular weight excluding hydrogens is 424 g/mol. The third-order valence-corrected chi connectivity index (χ3v) is 4.45. The smallest absolute Gasteiger partial charge is 0.291 e. The second-order valence-corrected chi connectivity index (χ2v) is 7.16. The van der Waals surface area contributed by atoms with Crippen LogP contribution >= 0.6 is 0 Å². The molecule has 1 N–H and O–H groups in total. The fourth-order valence-corrected chi connectivity index (χ4v) is 2.92. The van der Waals surface area contributed by atoms with Gasteiger partial charge in [-0.05, 0) is 38.1 Å². The highest BCUT2D eigenvalue weighted by Crippen LogP contribution is 2.33. The van der Waals surface area contributed by atoms with E-state index in [4.69, 9.17) is 18.9 Å². The Balaban J connectivity index is 1.80. The summed E-state index contributed by atoms with van der Waals surface area (Å²) in [6, 6.07) is 10.7. The first kappa shape index (κ1) is 23.5. The van der Waals surface area contributed by atoms with Gasteiger partial charge in [-0.2, -0.15) is 5.10 Å². The summed E-state index contributed by atoms with van der Waals surface area (Å²) in [6.07, 6.45) is 4.37. The van der Waals surface area contributed by atoms with Crippen LogP contribution in [-0.2, 0) is 0 Å². The number of ether oxygens (including phenoxy) is 4. The first-order chi connectivity index (χ1) is 15.9. The lowest BCUT2D eigenvalue weighted by molar-refractivity contribution is 0.0950. The molecule has 9 nitrogen and oxygen atoms in total. The molecule has 9 heteroatoms. The zero-order valence-electron chi connectivity index (χ0n) is 19.2. The van der Waals surface area contributed by atoms with E-state index in [2.05, 4.69) is 20.5 Å². The van der Waals surface area contributed by atoms with Crippen molar-refractivity contribution in [1.82, 2.24) is 15.4 Å². The van der Waals surface area contributed by atoms with Gasteiger partial charge in [-0.3, -0.25) is 9.78 Å². The number of rotatable bonds is 9. The topological polar surface area (TPSA) is 104 Å². The predicted octanol–water partition coefficient (Wildman–Crippen LogP) is 3.72. The van der Waals surface area contributed by atoms with E-state index in [9.17, 15) is 4.79 Å². The van der Waals surface area contributed by atoms with Gasteiger partial charge in [0.05, 0.1) is 51.7 Å². The molecule has 3 aromatic rings. The minimum atomic E-state index is -0.504. The Hall–Kier alpha value is -4.14. The van der Waals surface area contributed by atoms with Crippen LogP contribution in [0.2, 0.25) is 0 Å². The molecule has 0 aliphatic carbocycles. The Kier molecular flexibility index (Phi) is 7.80. The molecule has 1 heterocycles. The van der Waals surface area contributed by atoms with Gasteiger partial charge in [0.1, 0.15) is 28.7 Å². The van der Waals surface area contributed by atoms with Gasteiger partial charge in [-0.15, -0.1) is 0 Å². The van der Waals surface area contributed by atoms with Crippen LogP contribution in [-0.4, -0.2) is 49.5 Å². The predicted molar refractivity (Wildman–Crippen MR) is 124 cm³/mol. The van der Waals surface area contributed by atoms with Gasteiger partial charge in [0.15, 0.2) is 0 Å². The van der Waals surface area contributed by atoms with Crippen molar-refractivity contribution in [2.24, 2.45) is 5.10 Å². The van der Waals surface area contributed by atoms with Crippen LogP contribution in [0.15, 0.2) is 53.9 Å². The second-order valence-electron chi connectivity index (χ2n) is 7.16. The van der Waals surface area contributed by atoms with E-state index in [0.717, 1.165) is 0 Å². The Morgan fingerprint density at radius 1 is 0.970 bits per heavy atom. The standard InChI is InChI=1S/C24H26N4O5/c1-15(2)33-23-11-17(30-3)6-7-20(23)21-13-25-14-22(27-21)24(29)28-26-12-16-8-18(31-4)10-19(9-16)32-5/h6-15H,1-5H3,(H,28,29). The van der Waals surface area contributed by atoms with Crippen LogP contribution in [0.1, 0.15) is 29.9 Å². The van der Waals surface area contributed by atoms with E-state index >= 15 is 0 Å². The van der Waals surface area contributed by atoms with Crippen LogP contribution < -0.4 is 24.4 Å². The summed E-state index contributed by atoms with van der Waals surface area (Å²) in [5, 5.41) is 4.01. The number of carbonyl (C=O) groups is 1. The maximum absolute atomic E-state index is 12.6. The van der Waals surface area contributed by atoms with Crippen LogP contribution in [0, 0.1) is 0 Å². The summed E-state index contributed by atoms with van der Waals surface area (Å²) < 4.78 is 21.7. The third kappa shape index (κ3) is 6.19. The highest BCUT2D eigenvalue weighted by molar-refractivity contribution is 5.93. The number of hydrogen-bond donors (Lipinski definition) is 1. The zero-order valence-corrected chi connectivity index (χ0v) is 19.2. The van der Waals surface area contributed by atoms with Gasteiger partial charge < -0.3 is 18.9 Å². The van der Waals surface area contributed by atoms with Crippen LogP contribution in [0.25, 0.3) is 11.3 Å². The first-order valence-electron chi connectivity index (χ1n) is 10.2. The molecule has 0 saturated carbocycles. The summed E-state index contributed by atoms with van der Waals surface area (Å²) in [6.45, 7) is 3.85. The number of hydrogen-bond acceptors (Lipinski definition) is 8. The van der Waals surface area contributed by atoms with Crippen molar-refractivity contribution in [3.05, 3.63) is 60.0 Å². The van der Waals surface area contributed by atoms with Gasteiger partial charge in [-0.1, -0.05) is 0 Å². The number of nitrogens with one attached hydrogen (secondary N) is 1. The van der Waals surface area contributed by atoms with Crippen LogP contribution in [0.5, 0.6) is 23.0 Å². The number of amides is 1. The number of aromatic nitrogens is 2. The molecule has 1 amide bonds. The quantitative estimate of drug-likeness (QED) is 0.391. The molecule has 0 atom stereocenters. The number of carbonyl (C=O) groups excluding carboxylic acids is 1. The largest absolute Gasteiger partial charge is 0.497 e. The SMILES string of the molecule is COc1cc(C=NNC(=O)c2cncc(-c3ccc(OC)cc3OC(C)C)n2)cc(OC)c1. The molecule has 0 saturated heterocycles. The van der Waals surface area contributed by atoms with Gasteiger partial charge in [0.2, 0.25) is 0 Å². The van der Waals surface area contributed by atoms with Crippen molar-refractivity contribution in [2.75, 3.05) is 21.3 Å². The lowest BCUT2D eigenvalue weighted by atomic mass is 10.1. The fraction of sp³-hybridized carbons (Fsp3) is 0.250. The highest BCUT2D eigenvalue weighted by atomic mass is 16.5. The number of methoxy groups -OCH3 is 3. The van der Waals surface area contributed by atoms with E-state index in [-0.39, 0.29) is 11.8 Å². The summed E-state index contributed by atoms with van der Waals surface area (Å²) in [7, 11) is 4.70. The lowest BCUT2D eigenvalue weighted by Gasteiger charge is -2.15. The molecule has 0 unspecified atom stereocenters. The van der Waals surface area contributed by atoms with Gasteiger partial charge >= 0.3 is 0 Å². The molecule has 0 bridgehead atoms.